The summed E-state index contributed by atoms with van der Waals surface area (Å²) in [5.74, 6) is 0.315. The lowest BCUT2D eigenvalue weighted by molar-refractivity contribution is -0.129. The number of carbonyl (C=O) groups is 2. The molecule has 1 N–H and O–H groups in total. The van der Waals surface area contributed by atoms with Crippen LogP contribution >= 0.6 is 11.6 Å². The fraction of sp³-hybridized carbons (Fsp3) is 0.333. The summed E-state index contributed by atoms with van der Waals surface area (Å²) in [4.78, 5) is 26.3. The van der Waals surface area contributed by atoms with Crippen molar-refractivity contribution in [2.24, 2.45) is 5.92 Å². The maximum atomic E-state index is 12.3. The molecule has 1 aliphatic heterocycles. The largest absolute Gasteiger partial charge is 0.492 e. The molecule has 2 aromatic rings. The van der Waals surface area contributed by atoms with Crippen LogP contribution in [0, 0.1) is 12.8 Å². The van der Waals surface area contributed by atoms with Gasteiger partial charge in [0, 0.05) is 24.5 Å². The van der Waals surface area contributed by atoms with Crippen LogP contribution in [0.5, 0.6) is 5.75 Å². The molecule has 142 valence electrons. The summed E-state index contributed by atoms with van der Waals surface area (Å²) >= 11 is 5.82. The van der Waals surface area contributed by atoms with Gasteiger partial charge in [0.1, 0.15) is 12.4 Å². The van der Waals surface area contributed by atoms with Crippen LogP contribution in [0.25, 0.3) is 0 Å². The van der Waals surface area contributed by atoms with Gasteiger partial charge in [-0.05, 0) is 36.8 Å². The molecule has 6 heteroatoms. The van der Waals surface area contributed by atoms with E-state index in [1.54, 1.807) is 29.2 Å². The highest BCUT2D eigenvalue weighted by atomic mass is 35.5. The van der Waals surface area contributed by atoms with Crippen molar-refractivity contribution in [3.05, 3.63) is 64.7 Å². The van der Waals surface area contributed by atoms with Crippen LogP contribution < -0.4 is 10.1 Å². The fourth-order valence-electron chi connectivity index (χ4n) is 3.03. The number of amides is 2. The predicted molar refractivity (Wildman–Crippen MR) is 105 cm³/mol. The Morgan fingerprint density at radius 1 is 1.19 bits per heavy atom. The number of nitrogens with one attached hydrogen (secondary N) is 1. The third kappa shape index (κ3) is 5.47. The normalized spacial score (nSPS) is 16.4. The number of benzene rings is 2. The van der Waals surface area contributed by atoms with Crippen LogP contribution in [0.2, 0.25) is 5.02 Å². The Labute approximate surface area is 164 Å². The minimum atomic E-state index is -0.307. The molecule has 0 saturated carbocycles. The maximum Gasteiger partial charge on any atom is 0.225 e. The molecule has 1 saturated heterocycles. The van der Waals surface area contributed by atoms with E-state index in [2.05, 4.69) is 5.32 Å². The van der Waals surface area contributed by atoms with Crippen LogP contribution in [-0.4, -0.2) is 36.4 Å². The number of hydrogen-bond acceptors (Lipinski definition) is 3. The van der Waals surface area contributed by atoms with Gasteiger partial charge in [-0.1, -0.05) is 41.4 Å². The summed E-state index contributed by atoms with van der Waals surface area (Å²) in [6.45, 7) is 3.78. The zero-order valence-electron chi connectivity index (χ0n) is 15.3. The number of nitrogens with zero attached hydrogens (tertiary/aromatic N) is 1. The van der Waals surface area contributed by atoms with Gasteiger partial charge >= 0.3 is 0 Å². The number of rotatable bonds is 7. The standard InChI is InChI=1S/C21H23ClN2O3/c1-15-2-4-16(5-3-15)13-24-14-17(12-20(24)25)21(26)23-10-11-27-19-8-6-18(22)7-9-19/h2-9,17H,10-14H2,1H3,(H,23,26). The minimum absolute atomic E-state index is 0.0214. The molecule has 1 fully saturated rings. The molecule has 2 amide bonds. The average Bonchev–Trinajstić information content (AvgIpc) is 3.02. The summed E-state index contributed by atoms with van der Waals surface area (Å²) in [5.41, 5.74) is 2.26. The Morgan fingerprint density at radius 3 is 2.59 bits per heavy atom. The maximum absolute atomic E-state index is 12.3. The van der Waals surface area contributed by atoms with Gasteiger partial charge in [-0.15, -0.1) is 0 Å². The number of aryl methyl sites for hydroxylation is 1. The van der Waals surface area contributed by atoms with Crippen LogP contribution in [0.3, 0.4) is 0 Å². The summed E-state index contributed by atoms with van der Waals surface area (Å²) in [6.07, 6.45) is 0.260. The van der Waals surface area contributed by atoms with Gasteiger partial charge in [-0.2, -0.15) is 0 Å². The zero-order chi connectivity index (χ0) is 19.2. The van der Waals surface area contributed by atoms with Crippen molar-refractivity contribution < 1.29 is 14.3 Å². The van der Waals surface area contributed by atoms with Crippen molar-refractivity contribution in [2.75, 3.05) is 19.7 Å². The van der Waals surface area contributed by atoms with Gasteiger partial charge in [0.05, 0.1) is 12.5 Å². The van der Waals surface area contributed by atoms with Crippen LogP contribution in [0.15, 0.2) is 48.5 Å². The number of halogens is 1. The number of ether oxygens (including phenoxy) is 1. The highest BCUT2D eigenvalue weighted by molar-refractivity contribution is 6.30. The van der Waals surface area contributed by atoms with E-state index in [1.807, 2.05) is 31.2 Å². The van der Waals surface area contributed by atoms with E-state index in [1.165, 1.54) is 5.56 Å². The SMILES string of the molecule is Cc1ccc(CN2CC(C(=O)NCCOc3ccc(Cl)cc3)CC2=O)cc1. The molecule has 0 bridgehead atoms. The molecule has 0 spiro atoms. The van der Waals surface area contributed by atoms with Gasteiger partial charge in [0.25, 0.3) is 0 Å². The van der Waals surface area contributed by atoms with Crippen molar-refractivity contribution in [3.63, 3.8) is 0 Å². The number of hydrogen-bond donors (Lipinski definition) is 1. The predicted octanol–water partition coefficient (Wildman–Crippen LogP) is 3.19. The third-order valence-electron chi connectivity index (χ3n) is 4.56. The summed E-state index contributed by atoms with van der Waals surface area (Å²) in [7, 11) is 0. The van der Waals surface area contributed by atoms with Crippen LogP contribution in [-0.2, 0) is 16.1 Å². The molecular formula is C21H23ClN2O3. The molecule has 1 unspecified atom stereocenters. The first-order chi connectivity index (χ1) is 13.0. The highest BCUT2D eigenvalue weighted by Gasteiger charge is 2.33. The second-order valence-corrected chi connectivity index (χ2v) is 7.19. The van der Waals surface area contributed by atoms with Gasteiger partial charge in [0.2, 0.25) is 11.8 Å². The van der Waals surface area contributed by atoms with Crippen molar-refractivity contribution in [2.45, 2.75) is 19.9 Å². The minimum Gasteiger partial charge on any atom is -0.492 e. The smallest absolute Gasteiger partial charge is 0.225 e. The van der Waals surface area contributed by atoms with Gasteiger partial charge < -0.3 is 15.0 Å². The van der Waals surface area contributed by atoms with Gasteiger partial charge in [0.15, 0.2) is 0 Å². The topological polar surface area (TPSA) is 58.6 Å². The zero-order valence-corrected chi connectivity index (χ0v) is 16.0. The van der Waals surface area contributed by atoms with Crippen molar-refractivity contribution in [1.29, 1.82) is 0 Å². The molecule has 1 aliphatic rings. The van der Waals surface area contributed by atoms with E-state index >= 15 is 0 Å². The molecule has 0 aliphatic carbocycles. The van der Waals surface area contributed by atoms with E-state index in [4.69, 9.17) is 16.3 Å². The molecule has 2 aromatic carbocycles. The molecule has 27 heavy (non-hydrogen) atoms. The van der Waals surface area contributed by atoms with E-state index in [0.717, 1.165) is 5.56 Å². The van der Waals surface area contributed by atoms with E-state index < -0.39 is 0 Å². The Balaban J connectivity index is 1.41. The molecule has 0 radical (unpaired) electrons. The second-order valence-electron chi connectivity index (χ2n) is 6.75. The number of likely N-dealkylation sites (tertiary alicyclic amines) is 1. The molecule has 1 atom stereocenters. The second kappa shape index (κ2) is 8.91. The lowest BCUT2D eigenvalue weighted by atomic mass is 10.1. The van der Waals surface area contributed by atoms with E-state index in [0.29, 0.717) is 37.0 Å². The Morgan fingerprint density at radius 2 is 1.89 bits per heavy atom. The lowest BCUT2D eigenvalue weighted by Gasteiger charge is -2.17. The molecule has 3 rings (SSSR count). The van der Waals surface area contributed by atoms with Crippen molar-refractivity contribution in [3.8, 4) is 5.75 Å². The summed E-state index contributed by atoms with van der Waals surface area (Å²) < 4.78 is 5.55. The number of carbonyl (C=O) groups excluding carboxylic acids is 2. The third-order valence-corrected chi connectivity index (χ3v) is 4.81. The molecule has 5 nitrogen and oxygen atoms in total. The first-order valence-corrected chi connectivity index (χ1v) is 9.38. The highest BCUT2D eigenvalue weighted by Crippen LogP contribution is 2.20. The van der Waals surface area contributed by atoms with Crippen LogP contribution in [0.1, 0.15) is 17.5 Å². The van der Waals surface area contributed by atoms with E-state index in [-0.39, 0.29) is 24.2 Å². The monoisotopic (exact) mass is 386 g/mol. The first-order valence-electron chi connectivity index (χ1n) is 9.00. The molecule has 1 heterocycles. The Hall–Kier alpha value is -2.53. The molecular weight excluding hydrogens is 364 g/mol. The lowest BCUT2D eigenvalue weighted by Crippen LogP contribution is -2.35. The van der Waals surface area contributed by atoms with Crippen LogP contribution in [0.4, 0.5) is 0 Å². The van der Waals surface area contributed by atoms with E-state index in [9.17, 15) is 9.59 Å². The van der Waals surface area contributed by atoms with Gasteiger partial charge in [-0.25, -0.2) is 0 Å². The fourth-order valence-corrected chi connectivity index (χ4v) is 3.16. The van der Waals surface area contributed by atoms with Gasteiger partial charge in [-0.3, -0.25) is 9.59 Å². The first kappa shape index (κ1) is 19.2. The molecule has 0 aromatic heterocycles. The Kier molecular flexibility index (Phi) is 6.35. The van der Waals surface area contributed by atoms with Crippen molar-refractivity contribution >= 4 is 23.4 Å². The quantitative estimate of drug-likeness (QED) is 0.743. The Bertz CT molecular complexity index is 790. The summed E-state index contributed by atoms with van der Waals surface area (Å²) in [6, 6.07) is 15.2. The summed E-state index contributed by atoms with van der Waals surface area (Å²) in [5, 5.41) is 3.50. The average molecular weight is 387 g/mol. The van der Waals surface area contributed by atoms with Crippen molar-refractivity contribution in [1.82, 2.24) is 10.2 Å².